The summed E-state index contributed by atoms with van der Waals surface area (Å²) in [6.07, 6.45) is 1.59. The normalized spacial score (nSPS) is 11.3. The van der Waals surface area contributed by atoms with Crippen LogP contribution in [0.1, 0.15) is 28.3 Å². The Hall–Kier alpha value is -3.59. The van der Waals surface area contributed by atoms with Crippen LogP contribution in [0.2, 0.25) is 0 Å². The van der Waals surface area contributed by atoms with Crippen LogP contribution in [0, 0.1) is 39.0 Å². The van der Waals surface area contributed by atoms with Crippen LogP contribution in [0.15, 0.2) is 46.5 Å². The molecule has 0 atom stereocenters. The molecule has 2 aromatic heterocycles. The summed E-state index contributed by atoms with van der Waals surface area (Å²) in [5, 5.41) is 16.2. The van der Waals surface area contributed by atoms with Crippen molar-refractivity contribution in [2.45, 2.75) is 27.7 Å². The molecule has 0 radical (unpaired) electrons. The third kappa shape index (κ3) is 3.82. The predicted octanol–water partition coefficient (Wildman–Crippen LogP) is 4.24. The second-order valence-electron chi connectivity index (χ2n) is 6.45. The zero-order valence-corrected chi connectivity index (χ0v) is 15.7. The van der Waals surface area contributed by atoms with Gasteiger partial charge in [-0.1, -0.05) is 22.9 Å². The number of anilines is 1. The van der Waals surface area contributed by atoms with Gasteiger partial charge in [0.15, 0.2) is 5.82 Å². The van der Waals surface area contributed by atoms with Gasteiger partial charge in [-0.05, 0) is 57.5 Å². The van der Waals surface area contributed by atoms with Crippen LogP contribution in [0.3, 0.4) is 0 Å². The topological polar surface area (TPSA) is 83.9 Å². The molecule has 1 aromatic carbocycles. The van der Waals surface area contributed by atoms with Gasteiger partial charge in [0.25, 0.3) is 5.91 Å². The molecule has 27 heavy (non-hydrogen) atoms. The average Bonchev–Trinajstić information content (AvgIpc) is 3.17. The molecule has 6 heteroatoms. The second kappa shape index (κ2) is 7.34. The quantitative estimate of drug-likeness (QED) is 0.557. The predicted molar refractivity (Wildman–Crippen MR) is 103 cm³/mol. The Morgan fingerprint density at radius 2 is 1.89 bits per heavy atom. The molecule has 0 bridgehead atoms. The van der Waals surface area contributed by atoms with Gasteiger partial charge in [-0.15, -0.1) is 0 Å². The van der Waals surface area contributed by atoms with E-state index < -0.39 is 5.91 Å². The molecule has 1 amide bonds. The van der Waals surface area contributed by atoms with Crippen LogP contribution in [0.5, 0.6) is 0 Å². The Morgan fingerprint density at radius 1 is 1.19 bits per heavy atom. The number of hydrogen-bond donors (Lipinski definition) is 1. The minimum Gasteiger partial charge on any atom is -0.360 e. The van der Waals surface area contributed by atoms with Crippen LogP contribution in [-0.2, 0) is 4.79 Å². The van der Waals surface area contributed by atoms with Crippen LogP contribution < -0.4 is 5.32 Å². The molecule has 0 spiro atoms. The van der Waals surface area contributed by atoms with E-state index in [1.165, 1.54) is 0 Å². The Balaban J connectivity index is 1.91. The van der Waals surface area contributed by atoms with Gasteiger partial charge in [-0.2, -0.15) is 5.26 Å². The van der Waals surface area contributed by atoms with Gasteiger partial charge in [-0.25, -0.2) is 0 Å². The molecule has 3 rings (SSSR count). The van der Waals surface area contributed by atoms with Crippen LogP contribution in [0.4, 0.5) is 5.69 Å². The number of nitrogens with one attached hydrogen (secondary N) is 1. The summed E-state index contributed by atoms with van der Waals surface area (Å²) < 4.78 is 7.08. The van der Waals surface area contributed by atoms with Gasteiger partial charge in [-0.3, -0.25) is 9.36 Å². The number of amides is 1. The summed E-state index contributed by atoms with van der Waals surface area (Å²) in [5.41, 5.74) is 4.37. The summed E-state index contributed by atoms with van der Waals surface area (Å²) >= 11 is 0. The van der Waals surface area contributed by atoms with Gasteiger partial charge in [0.05, 0.1) is 0 Å². The van der Waals surface area contributed by atoms with E-state index in [0.29, 0.717) is 17.3 Å². The zero-order chi connectivity index (χ0) is 19.6. The van der Waals surface area contributed by atoms with Crippen molar-refractivity contribution < 1.29 is 9.32 Å². The van der Waals surface area contributed by atoms with E-state index in [9.17, 15) is 10.1 Å². The summed E-state index contributed by atoms with van der Waals surface area (Å²) in [4.78, 5) is 12.5. The van der Waals surface area contributed by atoms with Crippen LogP contribution in [-0.4, -0.2) is 15.6 Å². The lowest BCUT2D eigenvalue weighted by atomic mass is 10.1. The molecule has 0 fully saturated rings. The van der Waals surface area contributed by atoms with Crippen molar-refractivity contribution in [3.8, 4) is 11.9 Å². The van der Waals surface area contributed by atoms with Gasteiger partial charge < -0.3 is 9.84 Å². The molecule has 0 saturated heterocycles. The van der Waals surface area contributed by atoms with Gasteiger partial charge >= 0.3 is 0 Å². The lowest BCUT2D eigenvalue weighted by Gasteiger charge is -2.05. The molecule has 0 saturated carbocycles. The van der Waals surface area contributed by atoms with Crippen molar-refractivity contribution in [3.63, 3.8) is 0 Å². The van der Waals surface area contributed by atoms with Crippen molar-refractivity contribution in [3.05, 3.63) is 70.2 Å². The highest BCUT2D eigenvalue weighted by atomic mass is 16.5. The molecule has 0 unspecified atom stereocenters. The highest BCUT2D eigenvalue weighted by molar-refractivity contribution is 6.09. The van der Waals surface area contributed by atoms with E-state index in [4.69, 9.17) is 4.52 Å². The lowest BCUT2D eigenvalue weighted by Crippen LogP contribution is -2.13. The maximum Gasteiger partial charge on any atom is 0.266 e. The molecule has 1 N–H and O–H groups in total. The lowest BCUT2D eigenvalue weighted by molar-refractivity contribution is -0.112. The smallest absolute Gasteiger partial charge is 0.266 e. The highest BCUT2D eigenvalue weighted by Crippen LogP contribution is 2.23. The number of carbonyl (C=O) groups excluding carboxylic acids is 1. The van der Waals surface area contributed by atoms with Crippen molar-refractivity contribution in [2.75, 3.05) is 5.32 Å². The van der Waals surface area contributed by atoms with Crippen molar-refractivity contribution >= 4 is 17.7 Å². The van der Waals surface area contributed by atoms with Gasteiger partial charge in [0.2, 0.25) is 0 Å². The Morgan fingerprint density at radius 3 is 2.48 bits per heavy atom. The molecule has 2 heterocycles. The Kier molecular flexibility index (Phi) is 4.95. The maximum atomic E-state index is 12.5. The van der Waals surface area contributed by atoms with E-state index in [2.05, 4.69) is 10.5 Å². The SMILES string of the molecule is Cc1ccc(NC(=O)/C(C#N)=C/c2cc(C)n(-c3cc(C)on3)c2C)cc1. The zero-order valence-electron chi connectivity index (χ0n) is 15.7. The van der Waals surface area contributed by atoms with Gasteiger partial charge in [0, 0.05) is 23.1 Å². The largest absolute Gasteiger partial charge is 0.360 e. The highest BCUT2D eigenvalue weighted by Gasteiger charge is 2.15. The van der Waals surface area contributed by atoms with Gasteiger partial charge in [0.1, 0.15) is 17.4 Å². The molecular formula is C21H20N4O2. The van der Waals surface area contributed by atoms with E-state index >= 15 is 0 Å². The number of carbonyl (C=O) groups is 1. The maximum absolute atomic E-state index is 12.5. The van der Waals surface area contributed by atoms with Crippen molar-refractivity contribution in [1.82, 2.24) is 9.72 Å². The van der Waals surface area contributed by atoms with Crippen LogP contribution in [0.25, 0.3) is 11.9 Å². The molecule has 0 aliphatic carbocycles. The first-order valence-corrected chi connectivity index (χ1v) is 8.51. The monoisotopic (exact) mass is 360 g/mol. The molecule has 6 nitrogen and oxygen atoms in total. The second-order valence-corrected chi connectivity index (χ2v) is 6.45. The third-order valence-electron chi connectivity index (χ3n) is 4.29. The summed E-state index contributed by atoms with van der Waals surface area (Å²) in [5.74, 6) is 0.943. The summed E-state index contributed by atoms with van der Waals surface area (Å²) in [6.45, 7) is 7.65. The third-order valence-corrected chi connectivity index (χ3v) is 4.29. The first-order chi connectivity index (χ1) is 12.9. The van der Waals surface area contributed by atoms with E-state index in [1.807, 2.05) is 62.6 Å². The number of nitrogens with zero attached hydrogens (tertiary/aromatic N) is 3. The van der Waals surface area contributed by atoms with E-state index in [-0.39, 0.29) is 5.57 Å². The van der Waals surface area contributed by atoms with E-state index in [1.54, 1.807) is 18.2 Å². The molecule has 0 aliphatic heterocycles. The minimum absolute atomic E-state index is 0.0344. The molecule has 136 valence electrons. The Bertz CT molecular complexity index is 1060. The number of benzene rings is 1. The minimum atomic E-state index is -0.441. The standard InChI is InChI=1S/C21H20N4O2/c1-13-5-7-19(8-6-13)23-21(26)18(12-22)11-17-9-14(2)25(16(17)4)20-10-15(3)27-24-20/h5-11H,1-4H3,(H,23,26)/b18-11+. The number of aryl methyl sites for hydroxylation is 3. The first-order valence-electron chi connectivity index (χ1n) is 8.51. The molecular weight excluding hydrogens is 340 g/mol. The van der Waals surface area contributed by atoms with Crippen molar-refractivity contribution in [2.24, 2.45) is 0 Å². The summed E-state index contributed by atoms with van der Waals surface area (Å²) in [6, 6.07) is 13.2. The van der Waals surface area contributed by atoms with E-state index in [0.717, 1.165) is 22.5 Å². The Labute approximate surface area is 157 Å². The van der Waals surface area contributed by atoms with Crippen molar-refractivity contribution in [1.29, 1.82) is 5.26 Å². The molecule has 0 aliphatic rings. The summed E-state index contributed by atoms with van der Waals surface area (Å²) in [7, 11) is 0. The first kappa shape index (κ1) is 18.2. The number of hydrogen-bond acceptors (Lipinski definition) is 4. The number of nitriles is 1. The average molecular weight is 360 g/mol. The van der Waals surface area contributed by atoms with Crippen LogP contribution >= 0.6 is 0 Å². The number of aromatic nitrogens is 2. The number of rotatable bonds is 4. The molecule has 3 aromatic rings. The fourth-order valence-corrected chi connectivity index (χ4v) is 2.88. The fraction of sp³-hybridized carbons (Fsp3) is 0.190. The fourth-order valence-electron chi connectivity index (χ4n) is 2.88.